The van der Waals surface area contributed by atoms with Crippen molar-refractivity contribution in [2.45, 2.75) is 31.3 Å². The zero-order valence-corrected chi connectivity index (χ0v) is 11.0. The summed E-state index contributed by atoms with van der Waals surface area (Å²) in [7, 11) is 0. The lowest BCUT2D eigenvalue weighted by Crippen LogP contribution is -2.37. The highest BCUT2D eigenvalue weighted by molar-refractivity contribution is 5.45. The van der Waals surface area contributed by atoms with Crippen molar-refractivity contribution in [1.29, 1.82) is 0 Å². The largest absolute Gasteiger partial charge is 0.454 e. The molecule has 1 saturated heterocycles. The maximum atomic E-state index is 6.36. The van der Waals surface area contributed by atoms with Crippen molar-refractivity contribution < 1.29 is 9.47 Å². The van der Waals surface area contributed by atoms with Crippen LogP contribution in [0.25, 0.3) is 0 Å². The first-order valence-corrected chi connectivity index (χ1v) is 7.19. The predicted molar refractivity (Wildman–Crippen MR) is 72.2 cm³/mol. The number of nitrogens with two attached hydrogens (primary N) is 1. The fraction of sp³-hybridized carbons (Fsp3) is 0.600. The second kappa shape index (κ2) is 4.39. The smallest absolute Gasteiger partial charge is 0.231 e. The van der Waals surface area contributed by atoms with E-state index in [0.717, 1.165) is 35.6 Å². The first-order chi connectivity index (χ1) is 9.29. The van der Waals surface area contributed by atoms with Crippen LogP contribution in [-0.2, 0) is 0 Å². The fourth-order valence-corrected chi connectivity index (χ4v) is 3.75. The SMILES string of the molecule is NC(CN1CC2CCC1C2)c1ccc2c(c1)OCO2. The molecule has 1 saturated carbocycles. The lowest BCUT2D eigenvalue weighted by molar-refractivity contribution is 0.174. The van der Waals surface area contributed by atoms with Crippen molar-refractivity contribution in [2.75, 3.05) is 19.9 Å². The lowest BCUT2D eigenvalue weighted by Gasteiger charge is -2.29. The second-order valence-electron chi connectivity index (χ2n) is 6.01. The molecular weight excluding hydrogens is 240 g/mol. The molecule has 2 bridgehead atoms. The molecule has 3 aliphatic rings. The predicted octanol–water partition coefficient (Wildman–Crippen LogP) is 1.90. The Bertz CT molecular complexity index is 491. The third-order valence-corrected chi connectivity index (χ3v) is 4.78. The van der Waals surface area contributed by atoms with Gasteiger partial charge in [-0.15, -0.1) is 0 Å². The van der Waals surface area contributed by atoms with E-state index < -0.39 is 0 Å². The molecule has 3 unspecified atom stereocenters. The van der Waals surface area contributed by atoms with Crippen molar-refractivity contribution in [1.82, 2.24) is 4.90 Å². The number of hydrogen-bond acceptors (Lipinski definition) is 4. The Hall–Kier alpha value is -1.26. The highest BCUT2D eigenvalue weighted by Crippen LogP contribution is 2.39. The van der Waals surface area contributed by atoms with Crippen LogP contribution in [0.3, 0.4) is 0 Å². The Labute approximate surface area is 113 Å². The number of likely N-dealkylation sites (tertiary alicyclic amines) is 1. The molecule has 0 amide bonds. The van der Waals surface area contributed by atoms with Crippen LogP contribution in [0.15, 0.2) is 18.2 Å². The molecular formula is C15H20N2O2. The normalized spacial score (nSPS) is 29.9. The van der Waals surface area contributed by atoms with E-state index in [-0.39, 0.29) is 6.04 Å². The zero-order chi connectivity index (χ0) is 12.8. The molecule has 2 N–H and O–H groups in total. The maximum absolute atomic E-state index is 6.36. The number of fused-ring (bicyclic) bond motifs is 3. The first-order valence-electron chi connectivity index (χ1n) is 7.19. The molecule has 0 radical (unpaired) electrons. The van der Waals surface area contributed by atoms with Gasteiger partial charge < -0.3 is 15.2 Å². The van der Waals surface area contributed by atoms with Gasteiger partial charge in [-0.1, -0.05) is 6.07 Å². The first kappa shape index (κ1) is 11.6. The molecule has 19 heavy (non-hydrogen) atoms. The number of hydrogen-bond donors (Lipinski definition) is 1. The van der Waals surface area contributed by atoms with E-state index in [1.54, 1.807) is 0 Å². The van der Waals surface area contributed by atoms with Gasteiger partial charge in [-0.05, 0) is 42.9 Å². The minimum Gasteiger partial charge on any atom is -0.454 e. The Morgan fingerprint density at radius 2 is 2.16 bits per heavy atom. The van der Waals surface area contributed by atoms with E-state index in [1.165, 1.54) is 25.8 Å². The van der Waals surface area contributed by atoms with Crippen LogP contribution in [0.5, 0.6) is 11.5 Å². The van der Waals surface area contributed by atoms with Crippen molar-refractivity contribution in [3.05, 3.63) is 23.8 Å². The summed E-state index contributed by atoms with van der Waals surface area (Å²) in [4.78, 5) is 2.57. The van der Waals surface area contributed by atoms with E-state index in [4.69, 9.17) is 15.2 Å². The van der Waals surface area contributed by atoms with Crippen LogP contribution in [0.2, 0.25) is 0 Å². The summed E-state index contributed by atoms with van der Waals surface area (Å²) in [5.41, 5.74) is 7.51. The van der Waals surface area contributed by atoms with E-state index >= 15 is 0 Å². The van der Waals surface area contributed by atoms with Crippen LogP contribution in [0.4, 0.5) is 0 Å². The molecule has 1 aromatic rings. The Balaban J connectivity index is 1.47. The molecule has 2 fully saturated rings. The Morgan fingerprint density at radius 1 is 1.26 bits per heavy atom. The summed E-state index contributed by atoms with van der Waals surface area (Å²) >= 11 is 0. The lowest BCUT2D eigenvalue weighted by atomic mass is 10.0. The standard InChI is InChI=1S/C15H20N2O2/c16-13(8-17-7-10-1-3-12(17)5-10)11-2-4-14-15(6-11)19-9-18-14/h2,4,6,10,12-13H,1,3,5,7-9,16H2. The number of rotatable bonds is 3. The number of nitrogens with zero attached hydrogens (tertiary/aromatic N) is 1. The van der Waals surface area contributed by atoms with Crippen molar-refractivity contribution >= 4 is 0 Å². The molecule has 3 atom stereocenters. The molecule has 0 aromatic heterocycles. The van der Waals surface area contributed by atoms with Crippen LogP contribution in [-0.4, -0.2) is 30.8 Å². The highest BCUT2D eigenvalue weighted by atomic mass is 16.7. The molecule has 2 heterocycles. The average molecular weight is 260 g/mol. The second-order valence-corrected chi connectivity index (χ2v) is 6.01. The van der Waals surface area contributed by atoms with Gasteiger partial charge >= 0.3 is 0 Å². The topological polar surface area (TPSA) is 47.7 Å². The van der Waals surface area contributed by atoms with Gasteiger partial charge in [0.05, 0.1) is 0 Å². The minimum atomic E-state index is 0.0637. The van der Waals surface area contributed by atoms with E-state index in [9.17, 15) is 0 Å². The van der Waals surface area contributed by atoms with Gasteiger partial charge in [-0.25, -0.2) is 0 Å². The molecule has 1 aromatic carbocycles. The number of ether oxygens (including phenoxy) is 2. The van der Waals surface area contributed by atoms with Gasteiger partial charge in [0.15, 0.2) is 11.5 Å². The van der Waals surface area contributed by atoms with E-state index in [2.05, 4.69) is 11.0 Å². The van der Waals surface area contributed by atoms with E-state index in [1.807, 2.05) is 12.1 Å². The van der Waals surface area contributed by atoms with Gasteiger partial charge in [0.1, 0.15) is 0 Å². The van der Waals surface area contributed by atoms with Crippen molar-refractivity contribution in [2.24, 2.45) is 11.7 Å². The van der Waals surface area contributed by atoms with Gasteiger partial charge in [0, 0.05) is 25.2 Å². The van der Waals surface area contributed by atoms with Crippen LogP contribution >= 0.6 is 0 Å². The minimum absolute atomic E-state index is 0.0637. The molecule has 4 nitrogen and oxygen atoms in total. The van der Waals surface area contributed by atoms with Gasteiger partial charge in [-0.3, -0.25) is 4.90 Å². The summed E-state index contributed by atoms with van der Waals surface area (Å²) in [5.74, 6) is 2.58. The third-order valence-electron chi connectivity index (χ3n) is 4.78. The van der Waals surface area contributed by atoms with Crippen LogP contribution in [0, 0.1) is 5.92 Å². The van der Waals surface area contributed by atoms with Crippen LogP contribution in [0.1, 0.15) is 30.9 Å². The molecule has 4 rings (SSSR count). The summed E-state index contributed by atoms with van der Waals surface area (Å²) in [6.45, 7) is 2.52. The van der Waals surface area contributed by atoms with Crippen LogP contribution < -0.4 is 15.2 Å². The third kappa shape index (κ3) is 1.99. The average Bonchev–Trinajstić information content (AvgIpc) is 3.13. The van der Waals surface area contributed by atoms with Crippen molar-refractivity contribution in [3.8, 4) is 11.5 Å². The summed E-state index contributed by atoms with van der Waals surface area (Å²) in [6, 6.07) is 6.90. The van der Waals surface area contributed by atoms with Gasteiger partial charge in [0.2, 0.25) is 6.79 Å². The zero-order valence-electron chi connectivity index (χ0n) is 11.0. The molecule has 2 aliphatic heterocycles. The number of piperidine rings is 1. The van der Waals surface area contributed by atoms with Gasteiger partial charge in [0.25, 0.3) is 0 Å². The van der Waals surface area contributed by atoms with Crippen molar-refractivity contribution in [3.63, 3.8) is 0 Å². The quantitative estimate of drug-likeness (QED) is 0.901. The molecule has 102 valence electrons. The van der Waals surface area contributed by atoms with E-state index in [0.29, 0.717) is 6.79 Å². The Kier molecular flexibility index (Phi) is 2.67. The summed E-state index contributed by atoms with van der Waals surface area (Å²) < 4.78 is 10.8. The monoisotopic (exact) mass is 260 g/mol. The molecule has 0 spiro atoms. The summed E-state index contributed by atoms with van der Waals surface area (Å²) in [6.07, 6.45) is 4.16. The molecule has 1 aliphatic carbocycles. The fourth-order valence-electron chi connectivity index (χ4n) is 3.75. The molecule has 4 heteroatoms. The highest BCUT2D eigenvalue weighted by Gasteiger charge is 2.38. The Morgan fingerprint density at radius 3 is 2.95 bits per heavy atom. The number of benzene rings is 1. The summed E-state index contributed by atoms with van der Waals surface area (Å²) in [5, 5.41) is 0. The maximum Gasteiger partial charge on any atom is 0.231 e. The van der Waals surface area contributed by atoms with Gasteiger partial charge in [-0.2, -0.15) is 0 Å².